The lowest BCUT2D eigenvalue weighted by molar-refractivity contribution is -0.140. The molecule has 1 aromatic carbocycles. The predicted molar refractivity (Wildman–Crippen MR) is 142 cm³/mol. The van der Waals surface area contributed by atoms with Crippen LogP contribution in [0.3, 0.4) is 0 Å². The monoisotopic (exact) mass is 561 g/mol. The van der Waals surface area contributed by atoms with Crippen LogP contribution < -0.4 is 10.4 Å². The standard InChI is InChI=1S/C28H26F3N9O/c1-41-26-21(22(16-9-10-16)34-14-35-26)23-33-11-19-25(38-23)40(27(32)36-19)12-15-5-7-17(8-6-15)24-37-20(28(29,30)31)13-39(24)18-3-2-4-18/h5-8,11,13-14,16,18H,2-4,9-10,12H2,1H3,(H2,32,36). The van der Waals surface area contributed by atoms with Gasteiger partial charge in [-0.25, -0.2) is 24.9 Å². The summed E-state index contributed by atoms with van der Waals surface area (Å²) in [5.41, 5.74) is 3.37. The lowest BCUT2D eigenvalue weighted by Gasteiger charge is -2.28. The van der Waals surface area contributed by atoms with Crippen molar-refractivity contribution in [3.63, 3.8) is 0 Å². The summed E-state index contributed by atoms with van der Waals surface area (Å²) >= 11 is 0. The Kier molecular flexibility index (Phi) is 5.91. The van der Waals surface area contributed by atoms with Gasteiger partial charge in [0.05, 0.1) is 25.5 Å². The van der Waals surface area contributed by atoms with Crippen LogP contribution in [0.1, 0.15) is 61.0 Å². The van der Waals surface area contributed by atoms with Crippen LogP contribution in [0.2, 0.25) is 0 Å². The molecule has 5 aromatic rings. The molecule has 210 valence electrons. The third-order valence-electron chi connectivity index (χ3n) is 7.81. The van der Waals surface area contributed by atoms with E-state index in [0.29, 0.717) is 52.3 Å². The fourth-order valence-corrected chi connectivity index (χ4v) is 5.28. The molecule has 4 heterocycles. The van der Waals surface area contributed by atoms with Gasteiger partial charge in [0.2, 0.25) is 11.5 Å². The molecule has 41 heavy (non-hydrogen) atoms. The van der Waals surface area contributed by atoms with E-state index in [1.54, 1.807) is 34.6 Å². The van der Waals surface area contributed by atoms with E-state index in [-0.39, 0.29) is 11.7 Å². The number of fused-ring (bicyclic) bond motifs is 1. The zero-order valence-corrected chi connectivity index (χ0v) is 22.1. The number of aromatic amines is 1. The zero-order chi connectivity index (χ0) is 28.3. The summed E-state index contributed by atoms with van der Waals surface area (Å²) in [4.78, 5) is 25.0. The van der Waals surface area contributed by atoms with Crippen molar-refractivity contribution in [3.8, 4) is 28.7 Å². The van der Waals surface area contributed by atoms with Crippen LogP contribution in [0.25, 0.3) is 33.9 Å². The van der Waals surface area contributed by atoms with Crippen LogP contribution >= 0.6 is 0 Å². The molecule has 7 rings (SSSR count). The molecule has 13 heteroatoms. The number of imidazole rings is 2. The Bertz CT molecular complexity index is 1810. The summed E-state index contributed by atoms with van der Waals surface area (Å²) in [7, 11) is 1.55. The minimum Gasteiger partial charge on any atom is -0.480 e. The van der Waals surface area contributed by atoms with E-state index in [0.717, 1.165) is 49.6 Å². The van der Waals surface area contributed by atoms with E-state index in [1.807, 2.05) is 12.1 Å². The zero-order valence-electron chi connectivity index (χ0n) is 22.1. The van der Waals surface area contributed by atoms with Gasteiger partial charge in [-0.05, 0) is 37.7 Å². The average Bonchev–Trinajstić information content (AvgIpc) is 3.61. The van der Waals surface area contributed by atoms with Crippen molar-refractivity contribution in [3.05, 3.63) is 65.6 Å². The molecular weight excluding hydrogens is 535 g/mol. The lowest BCUT2D eigenvalue weighted by Crippen LogP contribution is -2.18. The molecule has 2 aliphatic rings. The first kappa shape index (κ1) is 25.4. The molecule has 0 amide bonds. The third kappa shape index (κ3) is 4.54. The van der Waals surface area contributed by atoms with E-state index < -0.39 is 11.9 Å². The van der Waals surface area contributed by atoms with Crippen molar-refractivity contribution in [2.24, 2.45) is 0 Å². The molecule has 0 atom stereocenters. The Balaban J connectivity index is 1.23. The van der Waals surface area contributed by atoms with Gasteiger partial charge in [-0.2, -0.15) is 13.2 Å². The normalized spacial score (nSPS) is 15.8. The molecule has 0 saturated heterocycles. The highest BCUT2D eigenvalue weighted by Crippen LogP contribution is 2.45. The van der Waals surface area contributed by atoms with Crippen LogP contribution in [0, 0.1) is 5.41 Å². The molecule has 0 radical (unpaired) electrons. The molecule has 2 aliphatic carbocycles. The molecular formula is C28H26F3N9O. The molecule has 0 unspecified atom stereocenters. The van der Waals surface area contributed by atoms with Gasteiger partial charge in [-0.15, -0.1) is 0 Å². The lowest BCUT2D eigenvalue weighted by atomic mass is 9.92. The van der Waals surface area contributed by atoms with Gasteiger partial charge < -0.3 is 14.3 Å². The van der Waals surface area contributed by atoms with Crippen molar-refractivity contribution in [1.82, 2.24) is 39.0 Å². The van der Waals surface area contributed by atoms with Gasteiger partial charge >= 0.3 is 6.18 Å². The van der Waals surface area contributed by atoms with Gasteiger partial charge in [-0.1, -0.05) is 24.3 Å². The summed E-state index contributed by atoms with van der Waals surface area (Å²) < 4.78 is 49.2. The first-order valence-electron chi connectivity index (χ1n) is 13.4. The van der Waals surface area contributed by atoms with Crippen molar-refractivity contribution in [1.29, 1.82) is 5.41 Å². The van der Waals surface area contributed by atoms with Crippen molar-refractivity contribution >= 4 is 11.2 Å². The number of nitrogens with one attached hydrogen (secondary N) is 2. The molecule has 4 aromatic heterocycles. The minimum atomic E-state index is -4.50. The summed E-state index contributed by atoms with van der Waals surface area (Å²) in [5, 5.41) is 8.53. The number of ether oxygens (including phenoxy) is 1. The van der Waals surface area contributed by atoms with E-state index in [1.165, 1.54) is 6.33 Å². The number of nitrogens with zero attached hydrogens (tertiary/aromatic N) is 7. The largest absolute Gasteiger partial charge is 0.480 e. The molecule has 0 spiro atoms. The number of methoxy groups -OCH3 is 1. The van der Waals surface area contributed by atoms with Crippen molar-refractivity contribution in [2.75, 3.05) is 7.11 Å². The Hall–Kier alpha value is -4.55. The predicted octanol–water partition coefficient (Wildman–Crippen LogP) is 5.24. The SMILES string of the molecule is COc1ncnc(C2CC2)c1-c1ncc2[nH]c(=N)n(Cc3ccc(-c4nc(C(F)(F)F)cn4C4CCC4)cc3)c2n1. The highest BCUT2D eigenvalue weighted by Gasteiger charge is 2.36. The number of aromatic nitrogens is 8. The topological polar surface area (TPSA) is 123 Å². The van der Waals surface area contributed by atoms with Crippen LogP contribution in [0.4, 0.5) is 13.2 Å². The molecule has 2 saturated carbocycles. The van der Waals surface area contributed by atoms with Gasteiger partial charge in [0, 0.05) is 23.7 Å². The van der Waals surface area contributed by atoms with Gasteiger partial charge in [0.15, 0.2) is 17.2 Å². The summed E-state index contributed by atoms with van der Waals surface area (Å²) in [6.45, 7) is 0.318. The number of hydrogen-bond donors (Lipinski definition) is 2. The Morgan fingerprint density at radius 3 is 2.49 bits per heavy atom. The number of benzene rings is 1. The highest BCUT2D eigenvalue weighted by atomic mass is 19.4. The summed E-state index contributed by atoms with van der Waals surface area (Å²) in [5.74, 6) is 1.46. The number of alkyl halides is 3. The molecule has 2 fully saturated rings. The maximum absolute atomic E-state index is 13.4. The van der Waals surface area contributed by atoms with E-state index in [9.17, 15) is 13.2 Å². The van der Waals surface area contributed by atoms with Crippen LogP contribution in [-0.4, -0.2) is 46.1 Å². The molecule has 2 N–H and O–H groups in total. The van der Waals surface area contributed by atoms with Gasteiger partial charge in [0.25, 0.3) is 0 Å². The maximum atomic E-state index is 13.4. The number of rotatable bonds is 7. The van der Waals surface area contributed by atoms with Crippen molar-refractivity contribution in [2.45, 2.75) is 56.8 Å². The fourth-order valence-electron chi connectivity index (χ4n) is 5.28. The summed E-state index contributed by atoms with van der Waals surface area (Å²) in [6, 6.07) is 7.27. The van der Waals surface area contributed by atoms with Crippen LogP contribution in [0.15, 0.2) is 43.0 Å². The maximum Gasteiger partial charge on any atom is 0.434 e. The number of H-pyrrole nitrogens is 1. The van der Waals surface area contributed by atoms with E-state index in [2.05, 4.69) is 24.9 Å². The van der Waals surface area contributed by atoms with Gasteiger partial charge in [-0.3, -0.25) is 9.98 Å². The Labute approximate surface area is 231 Å². The number of hydrogen-bond acceptors (Lipinski definition) is 7. The summed E-state index contributed by atoms with van der Waals surface area (Å²) in [6.07, 6.45) is 4.49. The molecule has 0 aliphatic heterocycles. The van der Waals surface area contributed by atoms with E-state index in [4.69, 9.17) is 15.1 Å². The van der Waals surface area contributed by atoms with Crippen molar-refractivity contribution < 1.29 is 17.9 Å². The second kappa shape index (κ2) is 9.53. The Morgan fingerprint density at radius 2 is 1.83 bits per heavy atom. The molecule has 10 nitrogen and oxygen atoms in total. The number of halogens is 3. The first-order valence-corrected chi connectivity index (χ1v) is 13.4. The first-order chi connectivity index (χ1) is 19.8. The molecule has 0 bridgehead atoms. The van der Waals surface area contributed by atoms with Crippen LogP contribution in [0.5, 0.6) is 5.88 Å². The quantitative estimate of drug-likeness (QED) is 0.280. The third-order valence-corrected chi connectivity index (χ3v) is 7.81. The second-order valence-corrected chi connectivity index (χ2v) is 10.5. The smallest absolute Gasteiger partial charge is 0.434 e. The highest BCUT2D eigenvalue weighted by molar-refractivity contribution is 5.75. The average molecular weight is 562 g/mol. The Morgan fingerprint density at radius 1 is 1.05 bits per heavy atom. The van der Waals surface area contributed by atoms with Crippen LogP contribution in [-0.2, 0) is 12.7 Å². The van der Waals surface area contributed by atoms with E-state index >= 15 is 0 Å². The van der Waals surface area contributed by atoms with Gasteiger partial charge in [0.1, 0.15) is 23.2 Å². The second-order valence-electron chi connectivity index (χ2n) is 10.5. The fraction of sp³-hybridized carbons (Fsp3) is 0.357. The minimum absolute atomic E-state index is 0.0314.